The summed E-state index contributed by atoms with van der Waals surface area (Å²) in [5.74, 6) is 1.53. The van der Waals surface area contributed by atoms with Gasteiger partial charge in [-0.1, -0.05) is 13.8 Å². The van der Waals surface area contributed by atoms with E-state index in [0.29, 0.717) is 12.5 Å². The highest BCUT2D eigenvalue weighted by Crippen LogP contribution is 2.20. The van der Waals surface area contributed by atoms with Gasteiger partial charge in [-0.25, -0.2) is 9.97 Å². The minimum atomic E-state index is 0.105. The van der Waals surface area contributed by atoms with Crippen molar-refractivity contribution in [3.05, 3.63) is 22.6 Å². The van der Waals surface area contributed by atoms with Gasteiger partial charge >= 0.3 is 0 Å². The normalized spacial score (nSPS) is 11.6. The second-order valence-corrected chi connectivity index (χ2v) is 5.41. The van der Waals surface area contributed by atoms with Crippen LogP contribution in [0, 0.1) is 5.92 Å². The van der Waals surface area contributed by atoms with E-state index in [2.05, 4.69) is 39.7 Å². The summed E-state index contributed by atoms with van der Waals surface area (Å²) in [6, 6.07) is 1.96. The molecular formula is C12H16BrN3O. The van der Waals surface area contributed by atoms with E-state index in [1.807, 2.05) is 10.6 Å². The average molecular weight is 298 g/mol. The highest BCUT2D eigenvalue weighted by Gasteiger charge is 2.12. The van der Waals surface area contributed by atoms with Gasteiger partial charge in [0.1, 0.15) is 11.3 Å². The van der Waals surface area contributed by atoms with Crippen molar-refractivity contribution in [3.8, 4) is 0 Å². The molecule has 4 nitrogen and oxygen atoms in total. The fourth-order valence-corrected chi connectivity index (χ4v) is 2.21. The van der Waals surface area contributed by atoms with Crippen LogP contribution in [0.1, 0.15) is 19.7 Å². The molecule has 0 aromatic carbocycles. The number of pyridine rings is 1. The molecule has 0 saturated carbocycles. The Balaban J connectivity index is 2.53. The van der Waals surface area contributed by atoms with Crippen molar-refractivity contribution in [1.82, 2.24) is 14.5 Å². The first-order chi connectivity index (χ1) is 8.11. The number of aliphatic hydroxyl groups is 1. The van der Waals surface area contributed by atoms with Crippen LogP contribution in [0.25, 0.3) is 11.2 Å². The molecule has 17 heavy (non-hydrogen) atoms. The quantitative estimate of drug-likeness (QED) is 0.943. The molecule has 0 amide bonds. The summed E-state index contributed by atoms with van der Waals surface area (Å²) in [5.41, 5.74) is 1.72. The molecule has 2 rings (SSSR count). The number of imidazole rings is 1. The minimum absolute atomic E-state index is 0.105. The molecule has 2 heterocycles. The Morgan fingerprint density at radius 2 is 2.24 bits per heavy atom. The van der Waals surface area contributed by atoms with Gasteiger partial charge in [0.05, 0.1) is 6.61 Å². The fourth-order valence-electron chi connectivity index (χ4n) is 1.89. The molecule has 0 aliphatic carbocycles. The van der Waals surface area contributed by atoms with Crippen LogP contribution in [0.15, 0.2) is 16.7 Å². The molecule has 92 valence electrons. The molecule has 0 fully saturated rings. The molecule has 2 aromatic heterocycles. The fraction of sp³-hybridized carbons (Fsp3) is 0.500. The Kier molecular flexibility index (Phi) is 3.79. The van der Waals surface area contributed by atoms with Crippen molar-refractivity contribution in [3.63, 3.8) is 0 Å². The third-order valence-electron chi connectivity index (χ3n) is 2.55. The lowest BCUT2D eigenvalue weighted by Crippen LogP contribution is -2.09. The lowest BCUT2D eigenvalue weighted by molar-refractivity contribution is 0.275. The maximum absolute atomic E-state index is 9.13. The Labute approximate surface area is 109 Å². The first-order valence-corrected chi connectivity index (χ1v) is 6.52. The SMILES string of the molecule is CC(C)Cc1nc2cc(Br)cnc2n1CCO. The van der Waals surface area contributed by atoms with Gasteiger partial charge < -0.3 is 9.67 Å². The number of hydrogen-bond acceptors (Lipinski definition) is 3. The highest BCUT2D eigenvalue weighted by atomic mass is 79.9. The van der Waals surface area contributed by atoms with E-state index in [-0.39, 0.29) is 6.61 Å². The van der Waals surface area contributed by atoms with E-state index in [1.165, 1.54) is 0 Å². The smallest absolute Gasteiger partial charge is 0.160 e. The molecule has 0 aliphatic rings. The molecule has 5 heteroatoms. The summed E-state index contributed by atoms with van der Waals surface area (Å²) in [7, 11) is 0. The monoisotopic (exact) mass is 297 g/mol. The van der Waals surface area contributed by atoms with E-state index in [1.54, 1.807) is 6.20 Å². The van der Waals surface area contributed by atoms with Gasteiger partial charge in [-0.3, -0.25) is 0 Å². The lowest BCUT2D eigenvalue weighted by atomic mass is 10.1. The van der Waals surface area contributed by atoms with Crippen molar-refractivity contribution in [2.45, 2.75) is 26.8 Å². The van der Waals surface area contributed by atoms with Crippen LogP contribution in [-0.2, 0) is 13.0 Å². The Bertz CT molecular complexity index is 522. The number of halogens is 1. The number of hydrogen-bond donors (Lipinski definition) is 1. The van der Waals surface area contributed by atoms with Gasteiger partial charge in [-0.15, -0.1) is 0 Å². The van der Waals surface area contributed by atoms with Gasteiger partial charge in [-0.05, 0) is 27.9 Å². The summed E-state index contributed by atoms with van der Waals surface area (Å²) in [4.78, 5) is 8.96. The van der Waals surface area contributed by atoms with Crippen molar-refractivity contribution < 1.29 is 5.11 Å². The summed E-state index contributed by atoms with van der Waals surface area (Å²) in [6.45, 7) is 4.97. The van der Waals surface area contributed by atoms with Crippen molar-refractivity contribution in [2.75, 3.05) is 6.61 Å². The molecule has 0 spiro atoms. The van der Waals surface area contributed by atoms with Crippen molar-refractivity contribution >= 4 is 27.1 Å². The molecule has 0 aliphatic heterocycles. The molecule has 0 unspecified atom stereocenters. The zero-order valence-electron chi connectivity index (χ0n) is 10.0. The van der Waals surface area contributed by atoms with Crippen LogP contribution in [0.3, 0.4) is 0 Å². The van der Waals surface area contributed by atoms with Crippen LogP contribution in [0.5, 0.6) is 0 Å². The summed E-state index contributed by atoms with van der Waals surface area (Å²) in [6.07, 6.45) is 2.66. The third-order valence-corrected chi connectivity index (χ3v) is 2.98. The van der Waals surface area contributed by atoms with Gasteiger partial charge in [0.25, 0.3) is 0 Å². The predicted octanol–water partition coefficient (Wildman–Crippen LogP) is 2.38. The largest absolute Gasteiger partial charge is 0.395 e. The Hall–Kier alpha value is -0.940. The van der Waals surface area contributed by atoms with Crippen LogP contribution >= 0.6 is 15.9 Å². The average Bonchev–Trinajstić information content (AvgIpc) is 2.55. The van der Waals surface area contributed by atoms with E-state index in [4.69, 9.17) is 5.11 Å². The first kappa shape index (κ1) is 12.5. The van der Waals surface area contributed by atoms with Crippen molar-refractivity contribution in [2.24, 2.45) is 5.92 Å². The molecular weight excluding hydrogens is 282 g/mol. The first-order valence-electron chi connectivity index (χ1n) is 5.73. The van der Waals surface area contributed by atoms with Crippen LogP contribution < -0.4 is 0 Å². The molecule has 0 atom stereocenters. The maximum Gasteiger partial charge on any atom is 0.160 e. The van der Waals surface area contributed by atoms with Gasteiger partial charge in [0.2, 0.25) is 0 Å². The molecule has 0 saturated heterocycles. The van der Waals surface area contributed by atoms with E-state index in [0.717, 1.165) is 27.9 Å². The van der Waals surface area contributed by atoms with E-state index < -0.39 is 0 Å². The minimum Gasteiger partial charge on any atom is -0.395 e. The van der Waals surface area contributed by atoms with Gasteiger partial charge in [0.15, 0.2) is 5.65 Å². The topological polar surface area (TPSA) is 50.9 Å². The zero-order valence-corrected chi connectivity index (χ0v) is 11.6. The maximum atomic E-state index is 9.13. The predicted molar refractivity (Wildman–Crippen MR) is 70.9 cm³/mol. The lowest BCUT2D eigenvalue weighted by Gasteiger charge is -2.08. The number of nitrogens with zero attached hydrogens (tertiary/aromatic N) is 3. The number of aromatic nitrogens is 3. The summed E-state index contributed by atoms with van der Waals surface area (Å²) in [5, 5.41) is 9.13. The standard InChI is InChI=1S/C12H16BrN3O/c1-8(2)5-11-15-10-6-9(13)7-14-12(10)16(11)3-4-17/h6-8,17H,3-5H2,1-2H3. The molecule has 1 N–H and O–H groups in total. The molecule has 0 radical (unpaired) electrons. The highest BCUT2D eigenvalue weighted by molar-refractivity contribution is 9.10. The summed E-state index contributed by atoms with van der Waals surface area (Å²) >= 11 is 3.39. The molecule has 0 bridgehead atoms. The van der Waals surface area contributed by atoms with Crippen LogP contribution in [0.2, 0.25) is 0 Å². The Morgan fingerprint density at radius 1 is 1.47 bits per heavy atom. The third kappa shape index (κ3) is 2.66. The van der Waals surface area contributed by atoms with Crippen LogP contribution in [0.4, 0.5) is 0 Å². The van der Waals surface area contributed by atoms with Gasteiger partial charge in [-0.2, -0.15) is 0 Å². The van der Waals surface area contributed by atoms with Crippen LogP contribution in [-0.4, -0.2) is 26.2 Å². The number of fused-ring (bicyclic) bond motifs is 1. The second-order valence-electron chi connectivity index (χ2n) is 4.50. The van der Waals surface area contributed by atoms with Crippen molar-refractivity contribution in [1.29, 1.82) is 0 Å². The number of aliphatic hydroxyl groups excluding tert-OH is 1. The van der Waals surface area contributed by atoms with E-state index in [9.17, 15) is 0 Å². The zero-order chi connectivity index (χ0) is 12.4. The second kappa shape index (κ2) is 5.14. The van der Waals surface area contributed by atoms with Gasteiger partial charge in [0, 0.05) is 23.6 Å². The Morgan fingerprint density at radius 3 is 2.88 bits per heavy atom. The number of rotatable bonds is 4. The van der Waals surface area contributed by atoms with E-state index >= 15 is 0 Å². The summed E-state index contributed by atoms with van der Waals surface area (Å²) < 4.78 is 2.93. The molecule has 2 aromatic rings.